The molecule has 5 heteroatoms. The van der Waals surface area contributed by atoms with Crippen molar-refractivity contribution in [2.24, 2.45) is 11.7 Å². The van der Waals surface area contributed by atoms with Crippen molar-refractivity contribution in [3.63, 3.8) is 0 Å². The maximum atomic E-state index is 12.5. The molecule has 3 rings (SSSR count). The molecule has 0 bridgehead atoms. The van der Waals surface area contributed by atoms with E-state index in [0.717, 1.165) is 30.6 Å². The lowest BCUT2D eigenvalue weighted by Gasteiger charge is -2.27. The summed E-state index contributed by atoms with van der Waals surface area (Å²) in [6.07, 6.45) is 5.09. The van der Waals surface area contributed by atoms with Crippen molar-refractivity contribution in [2.45, 2.75) is 52.1 Å². The van der Waals surface area contributed by atoms with Crippen LogP contribution in [0.25, 0.3) is 0 Å². The number of benzene rings is 1. The lowest BCUT2D eigenvalue weighted by molar-refractivity contribution is -0.119. The molecule has 1 aromatic carbocycles. The van der Waals surface area contributed by atoms with Crippen LogP contribution in [0.5, 0.6) is 0 Å². The van der Waals surface area contributed by atoms with Crippen LogP contribution < -0.4 is 11.1 Å². The molecule has 1 aliphatic carbocycles. The highest BCUT2D eigenvalue weighted by molar-refractivity contribution is 5.92. The van der Waals surface area contributed by atoms with Crippen LogP contribution in [0.2, 0.25) is 0 Å². The highest BCUT2D eigenvalue weighted by Crippen LogP contribution is 2.35. The van der Waals surface area contributed by atoms with E-state index in [1.807, 2.05) is 31.6 Å². The van der Waals surface area contributed by atoms with Gasteiger partial charge >= 0.3 is 0 Å². The minimum atomic E-state index is -0.244. The summed E-state index contributed by atoms with van der Waals surface area (Å²) in [6.45, 7) is 5.68. The number of nitrogens with one attached hydrogen (secondary N) is 1. The molecular weight excluding hydrogens is 300 g/mol. The SMILES string of the molecule is Cc1cnn(C2CCCc3ccccc32)c1NC(=O)C(C)C(C)N. The Morgan fingerprint density at radius 1 is 1.38 bits per heavy atom. The van der Waals surface area contributed by atoms with Gasteiger partial charge in [-0.05, 0) is 44.2 Å². The van der Waals surface area contributed by atoms with Gasteiger partial charge in [-0.1, -0.05) is 31.2 Å². The molecule has 1 aliphatic rings. The number of carbonyl (C=O) groups excluding carboxylic acids is 1. The van der Waals surface area contributed by atoms with Crippen molar-refractivity contribution < 1.29 is 4.79 Å². The van der Waals surface area contributed by atoms with Gasteiger partial charge in [-0.15, -0.1) is 0 Å². The Labute approximate surface area is 143 Å². The maximum absolute atomic E-state index is 12.5. The van der Waals surface area contributed by atoms with Gasteiger partial charge in [-0.25, -0.2) is 4.68 Å². The fraction of sp³-hybridized carbons (Fsp3) is 0.474. The Kier molecular flexibility index (Phi) is 4.71. The molecule has 0 fully saturated rings. The Morgan fingerprint density at radius 2 is 2.12 bits per heavy atom. The summed E-state index contributed by atoms with van der Waals surface area (Å²) in [5.41, 5.74) is 9.53. The Bertz CT molecular complexity index is 735. The number of amides is 1. The fourth-order valence-electron chi connectivity index (χ4n) is 3.29. The number of fused-ring (bicyclic) bond motifs is 1. The fourth-order valence-corrected chi connectivity index (χ4v) is 3.29. The lowest BCUT2D eigenvalue weighted by atomic mass is 9.88. The number of carbonyl (C=O) groups is 1. The summed E-state index contributed by atoms with van der Waals surface area (Å²) < 4.78 is 1.97. The van der Waals surface area contributed by atoms with Crippen molar-refractivity contribution in [3.05, 3.63) is 47.2 Å². The molecule has 3 N–H and O–H groups in total. The van der Waals surface area contributed by atoms with E-state index in [9.17, 15) is 4.79 Å². The van der Waals surface area contributed by atoms with Crippen LogP contribution in [0.3, 0.4) is 0 Å². The van der Waals surface area contributed by atoms with E-state index in [2.05, 4.69) is 34.7 Å². The summed E-state index contributed by atoms with van der Waals surface area (Å²) in [6, 6.07) is 8.51. The first-order valence-corrected chi connectivity index (χ1v) is 8.67. The van der Waals surface area contributed by atoms with E-state index >= 15 is 0 Å². The van der Waals surface area contributed by atoms with E-state index in [4.69, 9.17) is 5.73 Å². The second kappa shape index (κ2) is 6.77. The Hall–Kier alpha value is -2.14. The summed E-state index contributed by atoms with van der Waals surface area (Å²) in [4.78, 5) is 12.5. The number of hydrogen-bond donors (Lipinski definition) is 2. The number of nitrogens with zero attached hydrogens (tertiary/aromatic N) is 2. The van der Waals surface area contributed by atoms with Gasteiger partial charge in [0.05, 0.1) is 18.2 Å². The van der Waals surface area contributed by atoms with E-state index in [1.165, 1.54) is 11.1 Å². The average molecular weight is 326 g/mol. The molecule has 128 valence electrons. The van der Waals surface area contributed by atoms with E-state index in [-0.39, 0.29) is 23.9 Å². The molecule has 2 aromatic rings. The monoisotopic (exact) mass is 326 g/mol. The van der Waals surface area contributed by atoms with E-state index < -0.39 is 0 Å². The molecule has 0 saturated carbocycles. The predicted octanol–water partition coefficient (Wildman–Crippen LogP) is 3.04. The molecule has 0 saturated heterocycles. The van der Waals surface area contributed by atoms with Gasteiger partial charge in [0.1, 0.15) is 5.82 Å². The third kappa shape index (κ3) is 3.08. The van der Waals surface area contributed by atoms with Gasteiger partial charge < -0.3 is 11.1 Å². The van der Waals surface area contributed by atoms with Crippen LogP contribution in [0.4, 0.5) is 5.82 Å². The Morgan fingerprint density at radius 3 is 2.88 bits per heavy atom. The quantitative estimate of drug-likeness (QED) is 0.907. The summed E-state index contributed by atoms with van der Waals surface area (Å²) in [5.74, 6) is 0.486. The largest absolute Gasteiger partial charge is 0.327 e. The standard InChI is InChI=1S/C19H26N4O/c1-12-11-21-23(18(12)22-19(24)13(2)14(3)20)17-10-6-8-15-7-4-5-9-16(15)17/h4-5,7,9,11,13-14,17H,6,8,10,20H2,1-3H3,(H,22,24). The summed E-state index contributed by atoms with van der Waals surface area (Å²) >= 11 is 0. The normalized spacial score (nSPS) is 19.4. The summed E-state index contributed by atoms with van der Waals surface area (Å²) in [5, 5.41) is 7.62. The molecule has 3 unspecified atom stereocenters. The van der Waals surface area contributed by atoms with Crippen LogP contribution in [0.15, 0.2) is 30.5 Å². The van der Waals surface area contributed by atoms with Crippen LogP contribution in [-0.4, -0.2) is 21.7 Å². The Balaban J connectivity index is 1.93. The molecule has 0 radical (unpaired) electrons. The van der Waals surface area contributed by atoms with Crippen molar-refractivity contribution in [1.82, 2.24) is 9.78 Å². The van der Waals surface area contributed by atoms with Crippen LogP contribution >= 0.6 is 0 Å². The molecular formula is C19H26N4O. The minimum absolute atomic E-state index is 0.0565. The third-order valence-corrected chi connectivity index (χ3v) is 5.06. The van der Waals surface area contributed by atoms with E-state index in [1.54, 1.807) is 0 Å². The lowest BCUT2D eigenvalue weighted by Crippen LogP contribution is -2.35. The number of rotatable bonds is 4. The van der Waals surface area contributed by atoms with Crippen LogP contribution in [0, 0.1) is 12.8 Å². The summed E-state index contributed by atoms with van der Waals surface area (Å²) in [7, 11) is 0. The van der Waals surface area contributed by atoms with Crippen molar-refractivity contribution in [1.29, 1.82) is 0 Å². The number of anilines is 1. The molecule has 1 aromatic heterocycles. The molecule has 24 heavy (non-hydrogen) atoms. The van der Waals surface area contributed by atoms with E-state index in [0.29, 0.717) is 0 Å². The average Bonchev–Trinajstić information content (AvgIpc) is 2.94. The molecule has 1 heterocycles. The second-order valence-corrected chi connectivity index (χ2v) is 6.86. The van der Waals surface area contributed by atoms with Crippen LogP contribution in [0.1, 0.15) is 49.4 Å². The number of aryl methyl sites for hydroxylation is 2. The van der Waals surface area contributed by atoms with Gasteiger partial charge in [0.25, 0.3) is 0 Å². The number of aromatic nitrogens is 2. The smallest absolute Gasteiger partial charge is 0.229 e. The predicted molar refractivity (Wildman–Crippen MR) is 95.9 cm³/mol. The molecule has 1 amide bonds. The van der Waals surface area contributed by atoms with Gasteiger partial charge in [-0.2, -0.15) is 5.10 Å². The number of hydrogen-bond acceptors (Lipinski definition) is 3. The second-order valence-electron chi connectivity index (χ2n) is 6.86. The molecule has 0 spiro atoms. The highest BCUT2D eigenvalue weighted by atomic mass is 16.2. The first-order chi connectivity index (χ1) is 11.5. The third-order valence-electron chi connectivity index (χ3n) is 5.06. The zero-order valence-corrected chi connectivity index (χ0v) is 14.6. The highest BCUT2D eigenvalue weighted by Gasteiger charge is 2.26. The zero-order chi connectivity index (χ0) is 17.3. The molecule has 3 atom stereocenters. The van der Waals surface area contributed by atoms with Crippen molar-refractivity contribution in [3.8, 4) is 0 Å². The van der Waals surface area contributed by atoms with Gasteiger partial charge in [0.15, 0.2) is 0 Å². The first-order valence-electron chi connectivity index (χ1n) is 8.67. The van der Waals surface area contributed by atoms with Gasteiger partial charge in [-0.3, -0.25) is 4.79 Å². The maximum Gasteiger partial charge on any atom is 0.229 e. The molecule has 0 aliphatic heterocycles. The van der Waals surface area contributed by atoms with Crippen molar-refractivity contribution in [2.75, 3.05) is 5.32 Å². The topological polar surface area (TPSA) is 72.9 Å². The molecule has 5 nitrogen and oxygen atoms in total. The van der Waals surface area contributed by atoms with Crippen molar-refractivity contribution >= 4 is 11.7 Å². The first kappa shape index (κ1) is 16.7. The number of nitrogens with two attached hydrogens (primary N) is 1. The zero-order valence-electron chi connectivity index (χ0n) is 14.6. The van der Waals surface area contributed by atoms with Crippen LogP contribution in [-0.2, 0) is 11.2 Å². The van der Waals surface area contributed by atoms with Gasteiger partial charge in [0, 0.05) is 11.6 Å². The minimum Gasteiger partial charge on any atom is -0.327 e. The van der Waals surface area contributed by atoms with Gasteiger partial charge in [0.2, 0.25) is 5.91 Å².